The van der Waals surface area contributed by atoms with Crippen molar-refractivity contribution in [2.45, 2.75) is 19.8 Å². The Morgan fingerprint density at radius 2 is 2.14 bits per heavy atom. The average molecular weight is 259 g/mol. The Hall–Kier alpha value is -0.540. The predicted octanol–water partition coefficient (Wildman–Crippen LogP) is 2.86. The Bertz CT molecular complexity index is 323. The lowest BCUT2D eigenvalue weighted by atomic mass is 10.00. The number of hydrogen-bond acceptors (Lipinski definition) is 2. The zero-order valence-corrected chi connectivity index (χ0v) is 10.3. The van der Waals surface area contributed by atoms with Gasteiger partial charge in [-0.25, -0.2) is 0 Å². The highest BCUT2D eigenvalue weighted by molar-refractivity contribution is 9.10. The monoisotopic (exact) mass is 258 g/mol. The summed E-state index contributed by atoms with van der Waals surface area (Å²) in [5.74, 6) is 0.958. The van der Waals surface area contributed by atoms with E-state index in [-0.39, 0.29) is 12.5 Å². The van der Waals surface area contributed by atoms with Gasteiger partial charge in [0.05, 0.1) is 7.11 Å². The molecule has 0 amide bonds. The molecule has 1 unspecified atom stereocenters. The number of methoxy groups -OCH3 is 1. The van der Waals surface area contributed by atoms with Gasteiger partial charge >= 0.3 is 0 Å². The van der Waals surface area contributed by atoms with Crippen molar-refractivity contribution in [2.75, 3.05) is 13.7 Å². The van der Waals surface area contributed by atoms with Gasteiger partial charge in [-0.15, -0.1) is 0 Å². The fourth-order valence-corrected chi connectivity index (χ4v) is 1.96. The van der Waals surface area contributed by atoms with Crippen molar-refractivity contribution in [3.63, 3.8) is 0 Å². The lowest BCUT2D eigenvalue weighted by molar-refractivity contribution is 0.272. The minimum atomic E-state index is 0.123. The molecule has 1 N–H and O–H groups in total. The van der Waals surface area contributed by atoms with E-state index < -0.39 is 0 Å². The second-order valence-electron chi connectivity index (χ2n) is 3.43. The second-order valence-corrected chi connectivity index (χ2v) is 4.22. The van der Waals surface area contributed by atoms with E-state index in [1.165, 1.54) is 0 Å². The molecule has 0 saturated carbocycles. The van der Waals surface area contributed by atoms with Crippen LogP contribution >= 0.6 is 15.9 Å². The Morgan fingerprint density at radius 3 is 2.64 bits per heavy atom. The van der Waals surface area contributed by atoms with Crippen LogP contribution in [0.25, 0.3) is 0 Å². The minimum Gasteiger partial charge on any atom is -0.497 e. The van der Waals surface area contributed by atoms with Gasteiger partial charge in [0, 0.05) is 17.0 Å². The summed E-state index contributed by atoms with van der Waals surface area (Å²) < 4.78 is 6.24. The van der Waals surface area contributed by atoms with Crippen molar-refractivity contribution in [3.8, 4) is 5.75 Å². The van der Waals surface area contributed by atoms with Crippen molar-refractivity contribution in [1.82, 2.24) is 0 Å². The predicted molar refractivity (Wildman–Crippen MR) is 60.9 cm³/mol. The third kappa shape index (κ3) is 2.28. The van der Waals surface area contributed by atoms with Crippen LogP contribution in [0, 0.1) is 6.92 Å². The topological polar surface area (TPSA) is 29.5 Å². The maximum absolute atomic E-state index is 9.11. The third-order valence-electron chi connectivity index (χ3n) is 2.30. The Balaban J connectivity index is 3.20. The third-order valence-corrected chi connectivity index (χ3v) is 3.38. The summed E-state index contributed by atoms with van der Waals surface area (Å²) in [6.07, 6.45) is 0. The van der Waals surface area contributed by atoms with E-state index in [0.717, 1.165) is 21.3 Å². The molecule has 0 fully saturated rings. The van der Waals surface area contributed by atoms with Gasteiger partial charge in [0.1, 0.15) is 5.75 Å². The van der Waals surface area contributed by atoms with E-state index >= 15 is 0 Å². The van der Waals surface area contributed by atoms with Crippen LogP contribution in [0.15, 0.2) is 16.6 Å². The SMILES string of the molecule is COc1cc(C)c(Br)c(C(C)CO)c1. The summed E-state index contributed by atoms with van der Waals surface area (Å²) in [5, 5.41) is 9.11. The zero-order chi connectivity index (χ0) is 10.7. The molecule has 0 aliphatic carbocycles. The highest BCUT2D eigenvalue weighted by atomic mass is 79.9. The molecule has 1 rings (SSSR count). The largest absolute Gasteiger partial charge is 0.497 e. The average Bonchev–Trinajstić information content (AvgIpc) is 2.20. The first-order valence-electron chi connectivity index (χ1n) is 4.55. The van der Waals surface area contributed by atoms with Gasteiger partial charge in [0.2, 0.25) is 0 Å². The molecule has 78 valence electrons. The van der Waals surface area contributed by atoms with E-state index in [1.807, 2.05) is 26.0 Å². The molecule has 3 heteroatoms. The van der Waals surface area contributed by atoms with E-state index in [1.54, 1.807) is 7.11 Å². The van der Waals surface area contributed by atoms with Crippen molar-refractivity contribution in [2.24, 2.45) is 0 Å². The lowest BCUT2D eigenvalue weighted by Crippen LogP contribution is -2.01. The van der Waals surface area contributed by atoms with Crippen LogP contribution in [0.3, 0.4) is 0 Å². The van der Waals surface area contributed by atoms with Gasteiger partial charge in [-0.3, -0.25) is 0 Å². The Kier molecular flexibility index (Phi) is 3.96. The molecular weight excluding hydrogens is 244 g/mol. The van der Waals surface area contributed by atoms with Crippen LogP contribution in [0.2, 0.25) is 0 Å². The number of benzene rings is 1. The molecule has 0 aliphatic rings. The number of aliphatic hydroxyl groups excluding tert-OH is 1. The Labute approximate surface area is 93.0 Å². The molecular formula is C11H15BrO2. The summed E-state index contributed by atoms with van der Waals surface area (Å²) in [6, 6.07) is 3.93. The van der Waals surface area contributed by atoms with Crippen LogP contribution < -0.4 is 4.74 Å². The van der Waals surface area contributed by atoms with E-state index in [9.17, 15) is 0 Å². The van der Waals surface area contributed by atoms with Gasteiger partial charge in [-0.1, -0.05) is 22.9 Å². The maximum Gasteiger partial charge on any atom is 0.119 e. The van der Waals surface area contributed by atoms with Crippen molar-refractivity contribution >= 4 is 15.9 Å². The number of aryl methyl sites for hydroxylation is 1. The van der Waals surface area contributed by atoms with Crippen molar-refractivity contribution in [1.29, 1.82) is 0 Å². The van der Waals surface area contributed by atoms with Gasteiger partial charge < -0.3 is 9.84 Å². The first-order valence-corrected chi connectivity index (χ1v) is 5.34. The summed E-state index contributed by atoms with van der Waals surface area (Å²) in [7, 11) is 1.65. The molecule has 0 spiro atoms. The van der Waals surface area contributed by atoms with Gasteiger partial charge in [0.15, 0.2) is 0 Å². The molecule has 0 radical (unpaired) electrons. The number of hydrogen-bond donors (Lipinski definition) is 1. The quantitative estimate of drug-likeness (QED) is 0.904. The van der Waals surface area contributed by atoms with Crippen LogP contribution in [0.4, 0.5) is 0 Å². The lowest BCUT2D eigenvalue weighted by Gasteiger charge is -2.14. The molecule has 0 bridgehead atoms. The highest BCUT2D eigenvalue weighted by Gasteiger charge is 2.11. The van der Waals surface area contributed by atoms with Crippen LogP contribution in [-0.4, -0.2) is 18.8 Å². The van der Waals surface area contributed by atoms with Crippen LogP contribution in [0.1, 0.15) is 24.0 Å². The van der Waals surface area contributed by atoms with Crippen molar-refractivity contribution < 1.29 is 9.84 Å². The highest BCUT2D eigenvalue weighted by Crippen LogP contribution is 2.31. The van der Waals surface area contributed by atoms with Gasteiger partial charge in [-0.05, 0) is 30.2 Å². The number of rotatable bonds is 3. The summed E-state index contributed by atoms with van der Waals surface area (Å²) in [4.78, 5) is 0. The minimum absolute atomic E-state index is 0.123. The van der Waals surface area contributed by atoms with Gasteiger partial charge in [0.25, 0.3) is 0 Å². The van der Waals surface area contributed by atoms with E-state index in [0.29, 0.717) is 0 Å². The zero-order valence-electron chi connectivity index (χ0n) is 8.67. The van der Waals surface area contributed by atoms with Crippen LogP contribution in [0.5, 0.6) is 5.75 Å². The smallest absolute Gasteiger partial charge is 0.119 e. The number of ether oxygens (including phenoxy) is 1. The maximum atomic E-state index is 9.11. The standard InChI is InChI=1S/C11H15BrO2/c1-7-4-9(14-3)5-10(11(7)12)8(2)6-13/h4-5,8,13H,6H2,1-3H3. The Morgan fingerprint density at radius 1 is 1.50 bits per heavy atom. The molecule has 0 heterocycles. The van der Waals surface area contributed by atoms with E-state index in [4.69, 9.17) is 9.84 Å². The summed E-state index contributed by atoms with van der Waals surface area (Å²) in [6.45, 7) is 4.14. The fraction of sp³-hybridized carbons (Fsp3) is 0.455. The molecule has 0 aromatic heterocycles. The number of aliphatic hydroxyl groups is 1. The van der Waals surface area contributed by atoms with E-state index in [2.05, 4.69) is 15.9 Å². The molecule has 1 aromatic carbocycles. The molecule has 14 heavy (non-hydrogen) atoms. The van der Waals surface area contributed by atoms with Gasteiger partial charge in [-0.2, -0.15) is 0 Å². The molecule has 0 saturated heterocycles. The molecule has 1 aromatic rings. The second kappa shape index (κ2) is 4.80. The number of halogens is 1. The molecule has 2 nitrogen and oxygen atoms in total. The molecule has 1 atom stereocenters. The normalized spacial score (nSPS) is 12.6. The first-order chi connectivity index (χ1) is 6.60. The summed E-state index contributed by atoms with van der Waals surface area (Å²) >= 11 is 3.52. The van der Waals surface area contributed by atoms with Crippen LogP contribution in [-0.2, 0) is 0 Å². The first kappa shape index (κ1) is 11.5. The summed E-state index contributed by atoms with van der Waals surface area (Å²) in [5.41, 5.74) is 2.21. The fourth-order valence-electron chi connectivity index (χ4n) is 1.34. The van der Waals surface area contributed by atoms with Crippen molar-refractivity contribution in [3.05, 3.63) is 27.7 Å². The molecule has 0 aliphatic heterocycles.